The Morgan fingerprint density at radius 2 is 1.74 bits per heavy atom. The fourth-order valence-electron chi connectivity index (χ4n) is 2.18. The van der Waals surface area contributed by atoms with Gasteiger partial charge in [0.1, 0.15) is 11.5 Å². The zero-order valence-corrected chi connectivity index (χ0v) is 12.8. The minimum atomic E-state index is -0.222. The lowest BCUT2D eigenvalue weighted by Crippen LogP contribution is -2.31. The number of hydrogen-bond acceptors (Lipinski definition) is 4. The summed E-state index contributed by atoms with van der Waals surface area (Å²) in [6.07, 6.45) is 4.76. The minimum absolute atomic E-state index is 0.222. The van der Waals surface area contributed by atoms with Crippen molar-refractivity contribution in [2.75, 3.05) is 4.90 Å². The monoisotopic (exact) mass is 304 g/mol. The summed E-state index contributed by atoms with van der Waals surface area (Å²) in [6, 6.07) is 15.3. The molecule has 0 unspecified atom stereocenters. The van der Waals surface area contributed by atoms with Crippen LogP contribution in [0.5, 0.6) is 0 Å². The molecule has 1 amide bonds. The minimum Gasteiger partial charge on any atom is -0.287 e. The predicted octanol–water partition coefficient (Wildman–Crippen LogP) is 3.03. The van der Waals surface area contributed by atoms with Gasteiger partial charge in [-0.05, 0) is 24.6 Å². The Labute approximate surface area is 134 Å². The molecule has 1 aromatic carbocycles. The molecule has 0 fully saturated rings. The van der Waals surface area contributed by atoms with Crippen molar-refractivity contribution in [3.63, 3.8) is 0 Å². The van der Waals surface area contributed by atoms with Crippen molar-refractivity contribution in [1.29, 1.82) is 0 Å². The lowest BCUT2D eigenvalue weighted by Gasteiger charge is -2.21. The third-order valence-corrected chi connectivity index (χ3v) is 3.35. The second-order valence-electron chi connectivity index (χ2n) is 5.11. The second kappa shape index (κ2) is 6.79. The van der Waals surface area contributed by atoms with Crippen molar-refractivity contribution in [2.45, 2.75) is 13.5 Å². The summed E-state index contributed by atoms with van der Waals surface area (Å²) >= 11 is 0. The van der Waals surface area contributed by atoms with Gasteiger partial charge in [0.05, 0.1) is 18.4 Å². The molecule has 0 bridgehead atoms. The molecule has 5 heteroatoms. The molecule has 0 spiro atoms. The van der Waals surface area contributed by atoms with Crippen molar-refractivity contribution in [1.82, 2.24) is 15.0 Å². The van der Waals surface area contributed by atoms with E-state index in [9.17, 15) is 4.79 Å². The molecule has 2 heterocycles. The van der Waals surface area contributed by atoms with Crippen LogP contribution >= 0.6 is 0 Å². The van der Waals surface area contributed by atoms with E-state index in [1.807, 2.05) is 55.5 Å². The van der Waals surface area contributed by atoms with E-state index in [0.717, 1.165) is 11.3 Å². The van der Waals surface area contributed by atoms with Crippen molar-refractivity contribution in [3.8, 4) is 0 Å². The Morgan fingerprint density at radius 1 is 0.957 bits per heavy atom. The van der Waals surface area contributed by atoms with Gasteiger partial charge in [-0.3, -0.25) is 14.7 Å². The second-order valence-corrected chi connectivity index (χ2v) is 5.11. The zero-order valence-electron chi connectivity index (χ0n) is 12.8. The van der Waals surface area contributed by atoms with E-state index in [-0.39, 0.29) is 5.91 Å². The van der Waals surface area contributed by atoms with Crippen LogP contribution in [0.4, 0.5) is 5.82 Å². The number of nitrogens with zero attached hydrogens (tertiary/aromatic N) is 4. The van der Waals surface area contributed by atoms with Crippen LogP contribution in [-0.4, -0.2) is 20.9 Å². The fourth-order valence-corrected chi connectivity index (χ4v) is 2.18. The van der Waals surface area contributed by atoms with Gasteiger partial charge in [-0.25, -0.2) is 9.97 Å². The van der Waals surface area contributed by atoms with Gasteiger partial charge in [0.25, 0.3) is 5.91 Å². The SMILES string of the molecule is Cc1cnc(C(=O)N(Cc2ccccc2)c2ccccn2)cn1. The molecule has 0 N–H and O–H groups in total. The molecule has 3 rings (SSSR count). The van der Waals surface area contributed by atoms with E-state index in [1.54, 1.807) is 17.3 Å². The Morgan fingerprint density at radius 3 is 2.39 bits per heavy atom. The zero-order chi connectivity index (χ0) is 16.1. The predicted molar refractivity (Wildman–Crippen MR) is 88.0 cm³/mol. The molecule has 0 aliphatic rings. The van der Waals surface area contributed by atoms with E-state index in [4.69, 9.17) is 0 Å². The van der Waals surface area contributed by atoms with Gasteiger partial charge in [0.15, 0.2) is 0 Å². The van der Waals surface area contributed by atoms with Crippen molar-refractivity contribution in [2.24, 2.45) is 0 Å². The molecule has 2 aromatic heterocycles. The van der Waals surface area contributed by atoms with Crippen molar-refractivity contribution < 1.29 is 4.79 Å². The van der Waals surface area contributed by atoms with Crippen LogP contribution in [-0.2, 0) is 6.54 Å². The first kappa shape index (κ1) is 14.8. The van der Waals surface area contributed by atoms with Crippen LogP contribution in [0.3, 0.4) is 0 Å². The third kappa shape index (κ3) is 3.58. The number of aromatic nitrogens is 3. The summed E-state index contributed by atoms with van der Waals surface area (Å²) in [7, 11) is 0. The first-order valence-electron chi connectivity index (χ1n) is 7.29. The van der Waals surface area contributed by atoms with Gasteiger partial charge in [-0.15, -0.1) is 0 Å². The summed E-state index contributed by atoms with van der Waals surface area (Å²) in [5.74, 6) is 0.365. The number of pyridine rings is 1. The summed E-state index contributed by atoms with van der Waals surface area (Å²) < 4.78 is 0. The van der Waals surface area contributed by atoms with Crippen LogP contribution in [0.15, 0.2) is 67.1 Å². The maximum Gasteiger partial charge on any atom is 0.279 e. The van der Waals surface area contributed by atoms with Gasteiger partial charge >= 0.3 is 0 Å². The number of aryl methyl sites for hydroxylation is 1. The van der Waals surface area contributed by atoms with Crippen LogP contribution in [0.2, 0.25) is 0 Å². The summed E-state index contributed by atoms with van der Waals surface area (Å²) in [4.78, 5) is 27.1. The number of rotatable bonds is 4. The lowest BCUT2D eigenvalue weighted by atomic mass is 10.2. The van der Waals surface area contributed by atoms with Crippen LogP contribution in [0, 0.1) is 6.92 Å². The Bertz CT molecular complexity index is 773. The average Bonchev–Trinajstić information content (AvgIpc) is 2.61. The maximum absolute atomic E-state index is 12.8. The molecule has 23 heavy (non-hydrogen) atoms. The molecule has 5 nitrogen and oxygen atoms in total. The number of carbonyl (C=O) groups is 1. The number of benzene rings is 1. The Balaban J connectivity index is 1.94. The molecule has 0 aliphatic heterocycles. The first-order chi connectivity index (χ1) is 11.2. The third-order valence-electron chi connectivity index (χ3n) is 3.35. The number of hydrogen-bond donors (Lipinski definition) is 0. The normalized spacial score (nSPS) is 10.3. The molecule has 0 radical (unpaired) electrons. The topological polar surface area (TPSA) is 59.0 Å². The molecule has 114 valence electrons. The first-order valence-corrected chi connectivity index (χ1v) is 7.29. The van der Waals surface area contributed by atoms with E-state index in [2.05, 4.69) is 15.0 Å². The molecular weight excluding hydrogens is 288 g/mol. The maximum atomic E-state index is 12.8. The Kier molecular flexibility index (Phi) is 4.38. The highest BCUT2D eigenvalue weighted by Crippen LogP contribution is 2.16. The van der Waals surface area contributed by atoms with Gasteiger partial charge in [0, 0.05) is 12.4 Å². The number of anilines is 1. The molecule has 0 atom stereocenters. The quantitative estimate of drug-likeness (QED) is 0.743. The van der Waals surface area contributed by atoms with E-state index in [1.165, 1.54) is 6.20 Å². The van der Waals surface area contributed by atoms with E-state index >= 15 is 0 Å². The standard InChI is InChI=1S/C18H16N4O/c1-14-11-21-16(12-20-14)18(23)22(17-9-5-6-10-19-17)13-15-7-3-2-4-8-15/h2-12H,13H2,1H3. The van der Waals surface area contributed by atoms with E-state index in [0.29, 0.717) is 18.1 Å². The molecular formula is C18H16N4O. The van der Waals surface area contributed by atoms with Gasteiger partial charge in [-0.2, -0.15) is 0 Å². The highest BCUT2D eigenvalue weighted by atomic mass is 16.2. The van der Waals surface area contributed by atoms with Crippen LogP contribution in [0.25, 0.3) is 0 Å². The summed E-state index contributed by atoms with van der Waals surface area (Å²) in [5, 5.41) is 0. The number of carbonyl (C=O) groups excluding carboxylic acids is 1. The van der Waals surface area contributed by atoms with E-state index < -0.39 is 0 Å². The molecule has 0 saturated heterocycles. The fraction of sp³-hybridized carbons (Fsp3) is 0.111. The highest BCUT2D eigenvalue weighted by Gasteiger charge is 2.20. The lowest BCUT2D eigenvalue weighted by molar-refractivity contribution is 0.0979. The summed E-state index contributed by atoms with van der Waals surface area (Å²) in [6.45, 7) is 2.26. The van der Waals surface area contributed by atoms with Gasteiger partial charge in [-0.1, -0.05) is 36.4 Å². The molecule has 0 saturated carbocycles. The van der Waals surface area contributed by atoms with Gasteiger partial charge < -0.3 is 0 Å². The molecule has 3 aromatic rings. The average molecular weight is 304 g/mol. The molecule has 0 aliphatic carbocycles. The Hall–Kier alpha value is -3.08. The smallest absolute Gasteiger partial charge is 0.279 e. The van der Waals surface area contributed by atoms with Crippen LogP contribution < -0.4 is 4.90 Å². The highest BCUT2D eigenvalue weighted by molar-refractivity contribution is 6.03. The van der Waals surface area contributed by atoms with Crippen LogP contribution in [0.1, 0.15) is 21.7 Å². The van der Waals surface area contributed by atoms with Crippen molar-refractivity contribution in [3.05, 3.63) is 84.1 Å². The summed E-state index contributed by atoms with van der Waals surface area (Å²) in [5.41, 5.74) is 2.10. The number of amides is 1. The largest absolute Gasteiger partial charge is 0.287 e. The van der Waals surface area contributed by atoms with Gasteiger partial charge in [0.2, 0.25) is 0 Å². The van der Waals surface area contributed by atoms with Crippen molar-refractivity contribution >= 4 is 11.7 Å².